The number of halogens is 2. The molecule has 1 atom stereocenters. The van der Waals surface area contributed by atoms with Crippen LogP contribution in [0.5, 0.6) is 0 Å². The fourth-order valence-electron chi connectivity index (χ4n) is 5.81. The van der Waals surface area contributed by atoms with E-state index in [0.717, 1.165) is 27.7 Å². The lowest BCUT2D eigenvalue weighted by Crippen LogP contribution is -2.32. The maximum Gasteiger partial charge on any atom is 0.326 e. The van der Waals surface area contributed by atoms with Crippen molar-refractivity contribution in [2.24, 2.45) is 10.8 Å². The van der Waals surface area contributed by atoms with Crippen LogP contribution < -0.4 is 9.03 Å². The molecule has 4 aromatic rings. The molecule has 0 radical (unpaired) electrons. The molecule has 3 aromatic carbocycles. The number of allylic oxidation sites excluding steroid dienone is 5. The van der Waals surface area contributed by atoms with Gasteiger partial charge >= 0.3 is 10.2 Å². The van der Waals surface area contributed by atoms with Gasteiger partial charge in [-0.1, -0.05) is 111 Å². The first-order valence-corrected chi connectivity index (χ1v) is 17.1. The summed E-state index contributed by atoms with van der Waals surface area (Å²) in [4.78, 5) is 16.7. The van der Waals surface area contributed by atoms with E-state index in [1.807, 2.05) is 35.2 Å². The molecule has 1 saturated heterocycles. The molecule has 0 spiro atoms. The van der Waals surface area contributed by atoms with E-state index in [4.69, 9.17) is 28.2 Å². The Labute approximate surface area is 280 Å². The molecule has 1 aliphatic heterocycles. The number of imidazole rings is 1. The van der Waals surface area contributed by atoms with Gasteiger partial charge in [0.15, 0.2) is 0 Å². The van der Waals surface area contributed by atoms with Crippen molar-refractivity contribution >= 4 is 56.7 Å². The number of carbonyl (C=O) groups excluding carboxylic acids is 1. The van der Waals surface area contributed by atoms with Gasteiger partial charge in [0, 0.05) is 28.7 Å². The third-order valence-electron chi connectivity index (χ3n) is 8.67. The molecule has 0 bridgehead atoms. The van der Waals surface area contributed by atoms with E-state index in [2.05, 4.69) is 80.0 Å². The summed E-state index contributed by atoms with van der Waals surface area (Å²) >= 11 is 12.8. The van der Waals surface area contributed by atoms with Gasteiger partial charge in [-0.2, -0.15) is 8.42 Å². The highest BCUT2D eigenvalue weighted by Crippen LogP contribution is 2.48. The maximum atomic E-state index is 12.3. The smallest absolute Gasteiger partial charge is 0.326 e. The third kappa shape index (κ3) is 6.43. The van der Waals surface area contributed by atoms with Crippen LogP contribution in [0.15, 0.2) is 103 Å². The van der Waals surface area contributed by atoms with Crippen molar-refractivity contribution in [3.8, 4) is 11.3 Å². The predicted molar refractivity (Wildman–Crippen MR) is 187 cm³/mol. The minimum Gasteiger partial charge on any atom is -0.326 e. The summed E-state index contributed by atoms with van der Waals surface area (Å²) in [6.07, 6.45) is 14.0. The summed E-state index contributed by atoms with van der Waals surface area (Å²) in [7, 11) is -3.88. The zero-order chi connectivity index (χ0) is 32.7. The molecule has 2 aliphatic rings. The van der Waals surface area contributed by atoms with E-state index < -0.39 is 16.1 Å². The van der Waals surface area contributed by atoms with E-state index in [-0.39, 0.29) is 17.4 Å². The van der Waals surface area contributed by atoms with E-state index >= 15 is 0 Å². The topological polar surface area (TPSA) is 84.3 Å². The van der Waals surface area contributed by atoms with Crippen LogP contribution in [-0.4, -0.2) is 30.4 Å². The van der Waals surface area contributed by atoms with Gasteiger partial charge < -0.3 is 4.57 Å². The minimum atomic E-state index is -3.88. The van der Waals surface area contributed by atoms with Crippen LogP contribution in [0.2, 0.25) is 10.0 Å². The first-order valence-electron chi connectivity index (χ1n) is 14.9. The van der Waals surface area contributed by atoms with Gasteiger partial charge in [-0.15, -0.1) is 0 Å². The monoisotopic (exact) mass is 672 g/mol. The van der Waals surface area contributed by atoms with Crippen LogP contribution in [0.25, 0.3) is 22.9 Å². The molecule has 1 fully saturated rings. The fourth-order valence-corrected chi connectivity index (χ4v) is 7.46. The lowest BCUT2D eigenvalue weighted by atomic mass is 9.62. The predicted octanol–water partition coefficient (Wildman–Crippen LogP) is 8.18. The van der Waals surface area contributed by atoms with Crippen LogP contribution in [0.1, 0.15) is 44.1 Å². The van der Waals surface area contributed by atoms with E-state index in [1.54, 1.807) is 24.3 Å². The van der Waals surface area contributed by atoms with E-state index in [1.165, 1.54) is 11.1 Å². The fraction of sp³-hybridized carbons (Fsp3) is 0.222. The van der Waals surface area contributed by atoms with Crippen molar-refractivity contribution < 1.29 is 13.2 Å². The molecule has 46 heavy (non-hydrogen) atoms. The average Bonchev–Trinajstić information content (AvgIpc) is 3.54. The van der Waals surface area contributed by atoms with Gasteiger partial charge in [0.05, 0.1) is 16.4 Å². The van der Waals surface area contributed by atoms with Crippen molar-refractivity contribution in [3.05, 3.63) is 130 Å². The van der Waals surface area contributed by atoms with Gasteiger partial charge in [-0.05, 0) is 64.9 Å². The van der Waals surface area contributed by atoms with Gasteiger partial charge in [0.2, 0.25) is 0 Å². The molecule has 236 valence electrons. The number of nitrogens with one attached hydrogen (secondary N) is 1. The summed E-state index contributed by atoms with van der Waals surface area (Å²) < 4.78 is 29.8. The summed E-state index contributed by atoms with van der Waals surface area (Å²) in [5, 5.41) is 1.05. The molecule has 1 amide bonds. The summed E-state index contributed by atoms with van der Waals surface area (Å²) in [5.74, 6) is 0.191. The minimum absolute atomic E-state index is 0.0829. The second kappa shape index (κ2) is 12.2. The van der Waals surface area contributed by atoms with E-state index in [0.29, 0.717) is 28.0 Å². The molecular formula is C36H34Cl2N4O3S. The van der Waals surface area contributed by atoms with Gasteiger partial charge in [0.25, 0.3) is 5.91 Å². The Hall–Kier alpha value is -4.11. The molecule has 2 heterocycles. The summed E-state index contributed by atoms with van der Waals surface area (Å²) in [6.45, 7) is 6.98. The number of hydrogen-bond acceptors (Lipinski definition) is 4. The number of rotatable bonds is 7. The Morgan fingerprint density at radius 2 is 1.76 bits per heavy atom. The normalized spacial score (nSPS) is 19.5. The van der Waals surface area contributed by atoms with Crippen molar-refractivity contribution in [1.29, 1.82) is 0 Å². The number of aromatic nitrogens is 2. The van der Waals surface area contributed by atoms with Crippen LogP contribution in [0.4, 0.5) is 5.69 Å². The first kappa shape index (κ1) is 31.9. The van der Waals surface area contributed by atoms with Crippen LogP contribution in [0.3, 0.4) is 0 Å². The first-order chi connectivity index (χ1) is 21.8. The molecule has 0 saturated carbocycles. The zero-order valence-electron chi connectivity index (χ0n) is 25.7. The van der Waals surface area contributed by atoms with Crippen molar-refractivity contribution in [2.45, 2.75) is 33.7 Å². The highest BCUT2D eigenvalue weighted by molar-refractivity contribution is 7.92. The molecule has 1 N–H and O–H groups in total. The molecule has 7 nitrogen and oxygen atoms in total. The maximum absolute atomic E-state index is 12.3. The molecule has 6 rings (SSSR count). The number of benzene rings is 3. The van der Waals surface area contributed by atoms with Crippen LogP contribution in [-0.2, 0) is 21.5 Å². The second-order valence-corrected chi connectivity index (χ2v) is 15.1. The zero-order valence-corrected chi connectivity index (χ0v) is 28.1. The standard InChI is InChI=1S/C36H34Cl2N4O3S/c1-35(2,3)36(18-15-27(16-19-36)26-7-5-4-6-8-26)20-17-33-39-32(30-14-11-28(37)21-31(30)38)23-41(33)22-25-9-12-29(13-10-25)42-24-34(43)40-46(42,44)45/h4-18,20-21,23H,19,22,24H2,1-3H3,(H,40,43)/b20-17+. The Morgan fingerprint density at radius 3 is 2.37 bits per heavy atom. The van der Waals surface area contributed by atoms with Gasteiger partial charge in [-0.3, -0.25) is 4.79 Å². The highest BCUT2D eigenvalue weighted by atomic mass is 35.5. The highest BCUT2D eigenvalue weighted by Gasteiger charge is 2.38. The van der Waals surface area contributed by atoms with Crippen molar-refractivity contribution in [1.82, 2.24) is 14.3 Å². The van der Waals surface area contributed by atoms with Gasteiger partial charge in [-0.25, -0.2) is 14.0 Å². The quantitative estimate of drug-likeness (QED) is 0.215. The molecule has 1 unspecified atom stereocenters. The lowest BCUT2D eigenvalue weighted by molar-refractivity contribution is -0.117. The molecule has 1 aromatic heterocycles. The van der Waals surface area contributed by atoms with Crippen LogP contribution in [0, 0.1) is 10.8 Å². The molecule has 1 aliphatic carbocycles. The Kier molecular flexibility index (Phi) is 8.48. The summed E-state index contributed by atoms with van der Waals surface area (Å²) in [6, 6.07) is 22.9. The lowest BCUT2D eigenvalue weighted by Gasteiger charge is -2.42. The summed E-state index contributed by atoms with van der Waals surface area (Å²) in [5.41, 5.74) is 4.89. The Balaban J connectivity index is 1.34. The largest absolute Gasteiger partial charge is 0.326 e. The van der Waals surface area contributed by atoms with Crippen molar-refractivity contribution in [2.75, 3.05) is 10.8 Å². The van der Waals surface area contributed by atoms with E-state index in [9.17, 15) is 13.2 Å². The number of carbonyl (C=O) groups is 1. The number of nitrogens with zero attached hydrogens (tertiary/aromatic N) is 3. The van der Waals surface area contributed by atoms with Crippen molar-refractivity contribution in [3.63, 3.8) is 0 Å². The molecule has 10 heteroatoms. The van der Waals surface area contributed by atoms with Gasteiger partial charge in [0.1, 0.15) is 12.4 Å². The third-order valence-corrected chi connectivity index (χ3v) is 10.6. The average molecular weight is 674 g/mol. The number of anilines is 1. The second-order valence-electron chi connectivity index (χ2n) is 12.6. The van der Waals surface area contributed by atoms with Crippen LogP contribution >= 0.6 is 23.2 Å². The number of hydrogen-bond donors (Lipinski definition) is 1. The SMILES string of the molecule is CC(C)(C)C1(/C=C/c2nc(-c3ccc(Cl)cc3Cl)cn2Cc2ccc(N3CC(=O)NS3(=O)=O)cc2)C=CC(c2ccccc2)=CC1. The molecular weight excluding hydrogens is 639 g/mol. The number of amides is 1. The Bertz CT molecular complexity index is 1990. The Morgan fingerprint density at radius 1 is 1.02 bits per heavy atom.